The molecule has 0 aromatic carbocycles. The number of rotatable bonds is 7. The first-order valence-corrected chi connectivity index (χ1v) is 10.8. The number of likely N-dealkylation sites (tertiary alicyclic amines) is 1. The van der Waals surface area contributed by atoms with Crippen LogP contribution in [0.15, 0.2) is 0 Å². The molecule has 0 aromatic heterocycles. The lowest BCUT2D eigenvalue weighted by atomic mass is 9.94. The SMILES string of the molecule is COC(=O)[C@@H]1CCCN1C(C(=O)NC(C)(C)C)[C@H](CC(C)C)NC(=O)OC(C)(C)C. The summed E-state index contributed by atoms with van der Waals surface area (Å²) in [5.41, 5.74) is -1.11. The predicted molar refractivity (Wildman–Crippen MR) is 116 cm³/mol. The summed E-state index contributed by atoms with van der Waals surface area (Å²) in [6.45, 7) is 15.7. The van der Waals surface area contributed by atoms with E-state index in [-0.39, 0.29) is 17.8 Å². The molecular formula is C22H41N3O5. The zero-order valence-corrected chi connectivity index (χ0v) is 20.1. The fourth-order valence-electron chi connectivity index (χ4n) is 3.75. The van der Waals surface area contributed by atoms with Crippen molar-refractivity contribution in [1.82, 2.24) is 15.5 Å². The van der Waals surface area contributed by atoms with E-state index in [0.29, 0.717) is 19.4 Å². The highest BCUT2D eigenvalue weighted by Crippen LogP contribution is 2.26. The van der Waals surface area contributed by atoms with Crippen LogP contribution in [0.2, 0.25) is 0 Å². The highest BCUT2D eigenvalue weighted by atomic mass is 16.6. The molecule has 3 atom stereocenters. The van der Waals surface area contributed by atoms with Crippen molar-refractivity contribution in [2.75, 3.05) is 13.7 Å². The number of alkyl carbamates (subject to hydrolysis) is 1. The third-order valence-electron chi connectivity index (χ3n) is 4.70. The number of nitrogens with zero attached hydrogens (tertiary/aromatic N) is 1. The van der Waals surface area contributed by atoms with Crippen LogP contribution >= 0.6 is 0 Å². The monoisotopic (exact) mass is 427 g/mol. The summed E-state index contributed by atoms with van der Waals surface area (Å²) < 4.78 is 10.4. The zero-order valence-electron chi connectivity index (χ0n) is 20.1. The number of nitrogens with one attached hydrogen (secondary N) is 2. The molecule has 0 aliphatic carbocycles. The van der Waals surface area contributed by atoms with Crippen LogP contribution in [-0.2, 0) is 19.1 Å². The van der Waals surface area contributed by atoms with E-state index in [2.05, 4.69) is 10.6 Å². The molecule has 8 heteroatoms. The summed E-state index contributed by atoms with van der Waals surface area (Å²) in [5.74, 6) is -0.365. The van der Waals surface area contributed by atoms with Crippen molar-refractivity contribution in [3.63, 3.8) is 0 Å². The van der Waals surface area contributed by atoms with E-state index in [1.807, 2.05) is 39.5 Å². The van der Waals surface area contributed by atoms with E-state index < -0.39 is 35.4 Å². The molecule has 8 nitrogen and oxygen atoms in total. The Labute approximate surface area is 181 Å². The molecule has 1 saturated heterocycles. The van der Waals surface area contributed by atoms with Gasteiger partial charge in [0.15, 0.2) is 0 Å². The quantitative estimate of drug-likeness (QED) is 0.607. The van der Waals surface area contributed by atoms with Crippen LogP contribution in [0.3, 0.4) is 0 Å². The van der Waals surface area contributed by atoms with Crippen LogP contribution in [-0.4, -0.2) is 65.8 Å². The van der Waals surface area contributed by atoms with Crippen LogP contribution in [0, 0.1) is 5.92 Å². The summed E-state index contributed by atoms with van der Waals surface area (Å²) in [7, 11) is 1.35. The number of hydrogen-bond acceptors (Lipinski definition) is 6. The lowest BCUT2D eigenvalue weighted by Gasteiger charge is -2.38. The van der Waals surface area contributed by atoms with Gasteiger partial charge in [-0.25, -0.2) is 4.79 Å². The second kappa shape index (κ2) is 10.5. The first-order chi connectivity index (χ1) is 13.6. The maximum atomic E-state index is 13.4. The number of methoxy groups -OCH3 is 1. The molecule has 1 fully saturated rings. The number of esters is 1. The molecular weight excluding hydrogens is 386 g/mol. The molecule has 0 bridgehead atoms. The van der Waals surface area contributed by atoms with Crippen molar-refractivity contribution >= 4 is 18.0 Å². The van der Waals surface area contributed by atoms with E-state index in [1.165, 1.54) is 7.11 Å². The minimum absolute atomic E-state index is 0.217. The highest BCUT2D eigenvalue weighted by molar-refractivity contribution is 5.85. The Morgan fingerprint density at radius 2 is 1.70 bits per heavy atom. The number of hydrogen-bond donors (Lipinski definition) is 2. The average molecular weight is 428 g/mol. The topological polar surface area (TPSA) is 97.0 Å². The molecule has 0 aromatic rings. The molecule has 0 spiro atoms. The van der Waals surface area contributed by atoms with E-state index in [4.69, 9.17) is 9.47 Å². The molecule has 1 heterocycles. The van der Waals surface area contributed by atoms with E-state index in [1.54, 1.807) is 20.8 Å². The summed E-state index contributed by atoms with van der Waals surface area (Å²) in [6, 6.07) is -1.75. The largest absolute Gasteiger partial charge is 0.468 e. The summed E-state index contributed by atoms with van der Waals surface area (Å²) in [5, 5.41) is 5.93. The number of carbonyl (C=O) groups excluding carboxylic acids is 3. The molecule has 1 aliphatic rings. The van der Waals surface area contributed by atoms with Crippen molar-refractivity contribution in [1.29, 1.82) is 0 Å². The summed E-state index contributed by atoms with van der Waals surface area (Å²) in [4.78, 5) is 40.2. The lowest BCUT2D eigenvalue weighted by molar-refractivity contribution is -0.148. The molecule has 1 aliphatic heterocycles. The van der Waals surface area contributed by atoms with Crippen molar-refractivity contribution in [3.8, 4) is 0 Å². The minimum atomic E-state index is -0.717. The van der Waals surface area contributed by atoms with Crippen LogP contribution in [0.25, 0.3) is 0 Å². The number of amides is 2. The van der Waals surface area contributed by atoms with Gasteiger partial charge < -0.3 is 20.1 Å². The van der Waals surface area contributed by atoms with Gasteiger partial charge in [0.25, 0.3) is 0 Å². The van der Waals surface area contributed by atoms with Gasteiger partial charge in [-0.15, -0.1) is 0 Å². The van der Waals surface area contributed by atoms with Gasteiger partial charge in [0.1, 0.15) is 17.7 Å². The van der Waals surface area contributed by atoms with Crippen molar-refractivity contribution < 1.29 is 23.9 Å². The molecule has 174 valence electrons. The van der Waals surface area contributed by atoms with Gasteiger partial charge in [-0.2, -0.15) is 0 Å². The van der Waals surface area contributed by atoms with Gasteiger partial charge >= 0.3 is 12.1 Å². The first kappa shape index (κ1) is 26.2. The van der Waals surface area contributed by atoms with Gasteiger partial charge in [-0.1, -0.05) is 13.8 Å². The van der Waals surface area contributed by atoms with Gasteiger partial charge in [-0.05, 0) is 73.3 Å². The third kappa shape index (κ3) is 8.50. The highest BCUT2D eigenvalue weighted by Gasteiger charge is 2.44. The molecule has 0 saturated carbocycles. The molecule has 2 N–H and O–H groups in total. The van der Waals surface area contributed by atoms with Crippen LogP contribution in [0.1, 0.15) is 74.7 Å². The Morgan fingerprint density at radius 1 is 1.10 bits per heavy atom. The Kier molecular flexibility index (Phi) is 9.14. The van der Waals surface area contributed by atoms with E-state index in [9.17, 15) is 14.4 Å². The minimum Gasteiger partial charge on any atom is -0.468 e. The van der Waals surface area contributed by atoms with E-state index >= 15 is 0 Å². The Bertz CT molecular complexity index is 607. The molecule has 1 rings (SSSR count). The Balaban J connectivity index is 3.28. The summed E-state index contributed by atoms with van der Waals surface area (Å²) in [6.07, 6.45) is 1.38. The predicted octanol–water partition coefficient (Wildman–Crippen LogP) is 2.85. The maximum Gasteiger partial charge on any atom is 0.407 e. The second-order valence-electron chi connectivity index (χ2n) is 10.5. The fourth-order valence-corrected chi connectivity index (χ4v) is 3.75. The van der Waals surface area contributed by atoms with Gasteiger partial charge in [-0.3, -0.25) is 14.5 Å². The van der Waals surface area contributed by atoms with Crippen molar-refractivity contribution in [2.24, 2.45) is 5.92 Å². The standard InChI is InChI=1S/C22H41N3O5/c1-14(2)13-15(23-20(28)30-22(6,7)8)17(18(26)24-21(3,4)5)25-12-10-11-16(25)19(27)29-9/h14-17H,10-13H2,1-9H3,(H,23,28)(H,24,26)/t15-,16-,17?/m0/s1. The van der Waals surface area contributed by atoms with Gasteiger partial charge in [0, 0.05) is 5.54 Å². The first-order valence-electron chi connectivity index (χ1n) is 10.8. The van der Waals surface area contributed by atoms with Gasteiger partial charge in [0.05, 0.1) is 13.2 Å². The Morgan fingerprint density at radius 3 is 2.17 bits per heavy atom. The van der Waals surface area contributed by atoms with Crippen LogP contribution in [0.4, 0.5) is 4.79 Å². The van der Waals surface area contributed by atoms with Crippen molar-refractivity contribution in [2.45, 2.75) is 104 Å². The third-order valence-corrected chi connectivity index (χ3v) is 4.70. The van der Waals surface area contributed by atoms with Crippen LogP contribution < -0.4 is 10.6 Å². The molecule has 1 unspecified atom stereocenters. The Hall–Kier alpha value is -1.83. The lowest BCUT2D eigenvalue weighted by Crippen LogP contribution is -2.63. The van der Waals surface area contributed by atoms with Gasteiger partial charge in [0.2, 0.25) is 5.91 Å². The number of ether oxygens (including phenoxy) is 2. The fraction of sp³-hybridized carbons (Fsp3) is 0.864. The molecule has 30 heavy (non-hydrogen) atoms. The average Bonchev–Trinajstić information content (AvgIpc) is 2.99. The van der Waals surface area contributed by atoms with Crippen molar-refractivity contribution in [3.05, 3.63) is 0 Å². The zero-order chi connectivity index (χ0) is 23.3. The smallest absolute Gasteiger partial charge is 0.407 e. The molecule has 0 radical (unpaired) electrons. The normalized spacial score (nSPS) is 19.9. The van der Waals surface area contributed by atoms with E-state index in [0.717, 1.165) is 6.42 Å². The molecule has 2 amide bonds. The maximum absolute atomic E-state index is 13.4. The van der Waals surface area contributed by atoms with Crippen LogP contribution in [0.5, 0.6) is 0 Å². The summed E-state index contributed by atoms with van der Waals surface area (Å²) >= 11 is 0. The second-order valence-corrected chi connectivity index (χ2v) is 10.5. The number of carbonyl (C=O) groups is 3.